The number of nitrogens with zero attached hydrogens (tertiary/aromatic N) is 2. The average Bonchev–Trinajstić information content (AvgIpc) is 2.93. The van der Waals surface area contributed by atoms with E-state index in [1.54, 1.807) is 0 Å². The van der Waals surface area contributed by atoms with Crippen molar-refractivity contribution in [1.82, 2.24) is 9.78 Å². The molecule has 2 heterocycles. The molecule has 94 valence electrons. The van der Waals surface area contributed by atoms with Crippen molar-refractivity contribution < 1.29 is 0 Å². The van der Waals surface area contributed by atoms with E-state index >= 15 is 0 Å². The molecule has 0 saturated heterocycles. The highest BCUT2D eigenvalue weighted by Crippen LogP contribution is 2.30. The molecule has 0 spiro atoms. The van der Waals surface area contributed by atoms with Crippen LogP contribution in [0.25, 0.3) is 5.69 Å². The van der Waals surface area contributed by atoms with Crippen LogP contribution in [0.15, 0.2) is 18.2 Å². The van der Waals surface area contributed by atoms with Crippen molar-refractivity contribution in [3.8, 4) is 5.69 Å². The van der Waals surface area contributed by atoms with Gasteiger partial charge in [0.2, 0.25) is 0 Å². The lowest BCUT2D eigenvalue weighted by atomic mass is 10.1. The lowest BCUT2D eigenvalue weighted by Crippen LogP contribution is -2.06. The first-order valence-electron chi connectivity index (χ1n) is 6.32. The fraction of sp³-hybridized carbons (Fsp3) is 0.357. The molecule has 1 aromatic carbocycles. The molecule has 2 aromatic rings. The summed E-state index contributed by atoms with van der Waals surface area (Å²) in [4.78, 5) is 0. The van der Waals surface area contributed by atoms with Gasteiger partial charge in [-0.05, 0) is 37.5 Å². The molecule has 1 aliphatic rings. The highest BCUT2D eigenvalue weighted by atomic mass is 35.5. The van der Waals surface area contributed by atoms with Gasteiger partial charge in [-0.3, -0.25) is 0 Å². The summed E-state index contributed by atoms with van der Waals surface area (Å²) in [5.41, 5.74) is 4.79. The van der Waals surface area contributed by atoms with Crippen LogP contribution < -0.4 is 5.32 Å². The van der Waals surface area contributed by atoms with Gasteiger partial charge in [0.25, 0.3) is 0 Å². The highest BCUT2D eigenvalue weighted by Gasteiger charge is 2.22. The van der Waals surface area contributed by atoms with Crippen molar-refractivity contribution in [2.75, 3.05) is 11.9 Å². The van der Waals surface area contributed by atoms with Gasteiger partial charge < -0.3 is 5.32 Å². The molecule has 0 saturated carbocycles. The Morgan fingerprint density at radius 1 is 1.44 bits per heavy atom. The maximum absolute atomic E-state index is 6.10. The topological polar surface area (TPSA) is 29.9 Å². The summed E-state index contributed by atoms with van der Waals surface area (Å²) in [5, 5.41) is 8.89. The smallest absolute Gasteiger partial charge is 0.133 e. The van der Waals surface area contributed by atoms with E-state index < -0.39 is 0 Å². The summed E-state index contributed by atoms with van der Waals surface area (Å²) in [6, 6.07) is 5.92. The van der Waals surface area contributed by atoms with E-state index in [1.807, 2.05) is 22.9 Å². The van der Waals surface area contributed by atoms with Gasteiger partial charge in [0, 0.05) is 17.1 Å². The van der Waals surface area contributed by atoms with Crippen molar-refractivity contribution >= 4 is 17.4 Å². The van der Waals surface area contributed by atoms with E-state index in [4.69, 9.17) is 16.7 Å². The number of anilines is 1. The number of aryl methyl sites for hydroxylation is 2. The molecule has 1 aromatic heterocycles. The van der Waals surface area contributed by atoms with Gasteiger partial charge in [0.05, 0.1) is 11.4 Å². The van der Waals surface area contributed by atoms with Crippen LogP contribution in [-0.2, 0) is 12.8 Å². The summed E-state index contributed by atoms with van der Waals surface area (Å²) >= 11 is 6.10. The standard InChI is InChI=1S/C14H16ClN3/c1-3-12-11-6-7-16-14(11)18(17-12)13-8-10(15)5-4-9(13)2/h4-5,8,16H,3,6-7H2,1-2H3. The number of hydrogen-bond donors (Lipinski definition) is 1. The second-order valence-electron chi connectivity index (χ2n) is 4.65. The molecule has 0 unspecified atom stereocenters. The van der Waals surface area contributed by atoms with Crippen LogP contribution in [0.5, 0.6) is 0 Å². The molecule has 0 aliphatic carbocycles. The minimum atomic E-state index is 0.746. The minimum absolute atomic E-state index is 0.746. The Kier molecular flexibility index (Phi) is 2.78. The molecule has 1 N–H and O–H groups in total. The fourth-order valence-electron chi connectivity index (χ4n) is 2.51. The van der Waals surface area contributed by atoms with Crippen LogP contribution in [0.4, 0.5) is 5.82 Å². The second-order valence-corrected chi connectivity index (χ2v) is 5.08. The molecular weight excluding hydrogens is 246 g/mol. The molecule has 0 fully saturated rings. The van der Waals surface area contributed by atoms with E-state index in [9.17, 15) is 0 Å². The Labute approximate surface area is 112 Å². The molecule has 3 rings (SSSR count). The number of hydrogen-bond acceptors (Lipinski definition) is 2. The zero-order chi connectivity index (χ0) is 12.7. The predicted octanol–water partition coefficient (Wildman–Crippen LogP) is 3.36. The molecule has 0 bridgehead atoms. The van der Waals surface area contributed by atoms with E-state index in [2.05, 4.69) is 19.2 Å². The lowest BCUT2D eigenvalue weighted by Gasteiger charge is -2.09. The second kappa shape index (κ2) is 4.32. The van der Waals surface area contributed by atoms with Crippen LogP contribution in [0.2, 0.25) is 5.02 Å². The molecular formula is C14H16ClN3. The number of fused-ring (bicyclic) bond motifs is 1. The Morgan fingerprint density at radius 2 is 2.28 bits per heavy atom. The van der Waals surface area contributed by atoms with Crippen LogP contribution in [0.1, 0.15) is 23.7 Å². The molecule has 1 aliphatic heterocycles. The van der Waals surface area contributed by atoms with E-state index in [0.29, 0.717) is 0 Å². The van der Waals surface area contributed by atoms with Gasteiger partial charge in [0.1, 0.15) is 5.82 Å². The third-order valence-corrected chi connectivity index (χ3v) is 3.70. The average molecular weight is 262 g/mol. The van der Waals surface area contributed by atoms with Gasteiger partial charge in [0.15, 0.2) is 0 Å². The van der Waals surface area contributed by atoms with Crippen molar-refractivity contribution in [1.29, 1.82) is 0 Å². The monoisotopic (exact) mass is 261 g/mol. The number of rotatable bonds is 2. The van der Waals surface area contributed by atoms with Crippen molar-refractivity contribution in [3.05, 3.63) is 40.0 Å². The molecule has 18 heavy (non-hydrogen) atoms. The summed E-state index contributed by atoms with van der Waals surface area (Å²) in [5.74, 6) is 1.14. The quantitative estimate of drug-likeness (QED) is 0.898. The first-order chi connectivity index (χ1) is 8.70. The number of halogens is 1. The van der Waals surface area contributed by atoms with Gasteiger partial charge in [-0.25, -0.2) is 4.68 Å². The maximum atomic E-state index is 6.10. The van der Waals surface area contributed by atoms with Crippen LogP contribution in [0.3, 0.4) is 0 Å². The van der Waals surface area contributed by atoms with Crippen LogP contribution in [0, 0.1) is 6.92 Å². The van der Waals surface area contributed by atoms with Crippen molar-refractivity contribution in [3.63, 3.8) is 0 Å². The van der Waals surface area contributed by atoms with Crippen LogP contribution in [-0.4, -0.2) is 16.3 Å². The Hall–Kier alpha value is -1.48. The van der Waals surface area contributed by atoms with Gasteiger partial charge in [-0.2, -0.15) is 5.10 Å². The fourth-order valence-corrected chi connectivity index (χ4v) is 2.68. The first-order valence-corrected chi connectivity index (χ1v) is 6.69. The summed E-state index contributed by atoms with van der Waals surface area (Å²) in [6.45, 7) is 5.23. The zero-order valence-electron chi connectivity index (χ0n) is 10.6. The molecule has 3 nitrogen and oxygen atoms in total. The Balaban J connectivity index is 2.20. The zero-order valence-corrected chi connectivity index (χ0v) is 11.4. The predicted molar refractivity (Wildman–Crippen MR) is 74.9 cm³/mol. The molecule has 0 amide bonds. The Morgan fingerprint density at radius 3 is 3.06 bits per heavy atom. The summed E-state index contributed by atoms with van der Waals surface area (Å²) in [7, 11) is 0. The number of nitrogens with one attached hydrogen (secondary N) is 1. The summed E-state index contributed by atoms with van der Waals surface area (Å²) < 4.78 is 2.00. The molecule has 0 atom stereocenters. The SMILES string of the molecule is CCc1nn(-c2cc(Cl)ccc2C)c2c1CCN2. The largest absolute Gasteiger partial charge is 0.369 e. The van der Waals surface area contributed by atoms with Crippen molar-refractivity contribution in [2.24, 2.45) is 0 Å². The molecule has 0 radical (unpaired) electrons. The van der Waals surface area contributed by atoms with Gasteiger partial charge >= 0.3 is 0 Å². The van der Waals surface area contributed by atoms with Crippen LogP contribution >= 0.6 is 11.6 Å². The van der Waals surface area contributed by atoms with E-state index in [-0.39, 0.29) is 0 Å². The van der Waals surface area contributed by atoms with Crippen molar-refractivity contribution in [2.45, 2.75) is 26.7 Å². The third-order valence-electron chi connectivity index (χ3n) is 3.47. The number of benzene rings is 1. The minimum Gasteiger partial charge on any atom is -0.369 e. The lowest BCUT2D eigenvalue weighted by molar-refractivity contribution is 0.827. The van der Waals surface area contributed by atoms with Gasteiger partial charge in [-0.15, -0.1) is 0 Å². The molecule has 4 heteroatoms. The Bertz CT molecular complexity index is 601. The van der Waals surface area contributed by atoms with E-state index in [1.165, 1.54) is 16.8 Å². The third kappa shape index (κ3) is 1.70. The van der Waals surface area contributed by atoms with E-state index in [0.717, 1.165) is 35.9 Å². The number of aromatic nitrogens is 2. The first kappa shape index (κ1) is 11.6. The summed E-state index contributed by atoms with van der Waals surface area (Å²) in [6.07, 6.45) is 2.04. The normalized spacial score (nSPS) is 13.5. The maximum Gasteiger partial charge on any atom is 0.133 e. The van der Waals surface area contributed by atoms with Gasteiger partial charge in [-0.1, -0.05) is 24.6 Å². The highest BCUT2D eigenvalue weighted by molar-refractivity contribution is 6.30.